The summed E-state index contributed by atoms with van der Waals surface area (Å²) in [6.45, 7) is 4.78. The first kappa shape index (κ1) is 18.2. The predicted molar refractivity (Wildman–Crippen MR) is 113 cm³/mol. The van der Waals surface area contributed by atoms with Crippen molar-refractivity contribution in [2.75, 3.05) is 27.3 Å². The third kappa shape index (κ3) is 2.99. The van der Waals surface area contributed by atoms with E-state index in [1.54, 1.807) is 20.3 Å². The molecule has 29 heavy (non-hydrogen) atoms. The van der Waals surface area contributed by atoms with Crippen molar-refractivity contribution >= 4 is 10.9 Å². The lowest BCUT2D eigenvalue weighted by atomic mass is 9.83. The molecule has 4 heterocycles. The number of fused-ring (bicyclic) bond motifs is 5. The SMILES string of the molecule is COc1cc(OC)c2nc(-c3cc4n(c(=O)c3)C[C@@H]3CNC[C@H]4C3)cc(C)c2c1. The highest BCUT2D eigenvalue weighted by molar-refractivity contribution is 5.91. The molecule has 2 atom stereocenters. The number of aromatic nitrogens is 2. The van der Waals surface area contributed by atoms with Crippen LogP contribution in [0.1, 0.15) is 23.6 Å². The molecular formula is C23H25N3O3. The van der Waals surface area contributed by atoms with Crippen molar-refractivity contribution < 1.29 is 9.47 Å². The molecule has 150 valence electrons. The maximum Gasteiger partial charge on any atom is 0.251 e. The molecule has 5 rings (SSSR count). The van der Waals surface area contributed by atoms with Gasteiger partial charge in [0.05, 0.1) is 19.9 Å². The Labute approximate surface area is 169 Å². The minimum absolute atomic E-state index is 0.0651. The number of hydrogen-bond acceptors (Lipinski definition) is 5. The molecule has 0 spiro atoms. The molecule has 0 unspecified atom stereocenters. The summed E-state index contributed by atoms with van der Waals surface area (Å²) in [4.78, 5) is 17.8. The van der Waals surface area contributed by atoms with Gasteiger partial charge in [0.2, 0.25) is 0 Å². The van der Waals surface area contributed by atoms with Crippen LogP contribution < -0.4 is 20.3 Å². The van der Waals surface area contributed by atoms with Crippen LogP contribution in [0.2, 0.25) is 0 Å². The van der Waals surface area contributed by atoms with Crippen LogP contribution >= 0.6 is 0 Å². The van der Waals surface area contributed by atoms with Gasteiger partial charge in [0, 0.05) is 47.8 Å². The molecule has 1 fully saturated rings. The van der Waals surface area contributed by atoms with Crippen molar-refractivity contribution in [3.05, 3.63) is 51.9 Å². The highest BCUT2D eigenvalue weighted by Crippen LogP contribution is 2.36. The van der Waals surface area contributed by atoms with E-state index >= 15 is 0 Å². The Hall–Kier alpha value is -2.86. The predicted octanol–water partition coefficient (Wildman–Crippen LogP) is 3.10. The molecule has 2 aliphatic rings. The first-order valence-electron chi connectivity index (χ1n) is 10.1. The second-order valence-electron chi connectivity index (χ2n) is 8.12. The molecular weight excluding hydrogens is 366 g/mol. The second-order valence-corrected chi connectivity index (χ2v) is 8.12. The topological polar surface area (TPSA) is 65.4 Å². The van der Waals surface area contributed by atoms with Crippen molar-refractivity contribution in [2.45, 2.75) is 25.8 Å². The van der Waals surface area contributed by atoms with Gasteiger partial charge < -0.3 is 19.4 Å². The fourth-order valence-electron chi connectivity index (χ4n) is 4.81. The minimum Gasteiger partial charge on any atom is -0.497 e. The molecule has 6 nitrogen and oxygen atoms in total. The molecule has 0 aliphatic carbocycles. The summed E-state index contributed by atoms with van der Waals surface area (Å²) in [5.41, 5.74) is 4.70. The number of methoxy groups -OCH3 is 2. The van der Waals surface area contributed by atoms with Crippen LogP contribution in [-0.2, 0) is 6.54 Å². The van der Waals surface area contributed by atoms with E-state index in [1.165, 1.54) is 0 Å². The summed E-state index contributed by atoms with van der Waals surface area (Å²) >= 11 is 0. The van der Waals surface area contributed by atoms with Crippen LogP contribution in [0.4, 0.5) is 0 Å². The van der Waals surface area contributed by atoms with Crippen LogP contribution in [0.15, 0.2) is 35.1 Å². The minimum atomic E-state index is 0.0651. The molecule has 0 amide bonds. The molecule has 0 radical (unpaired) electrons. The van der Waals surface area contributed by atoms with Gasteiger partial charge in [0.25, 0.3) is 5.56 Å². The molecule has 1 aromatic carbocycles. The number of aryl methyl sites for hydroxylation is 1. The van der Waals surface area contributed by atoms with E-state index in [1.807, 2.05) is 29.7 Å². The normalized spacial score (nSPS) is 20.4. The smallest absolute Gasteiger partial charge is 0.251 e. The Balaban J connectivity index is 1.68. The lowest BCUT2D eigenvalue weighted by Crippen LogP contribution is -2.44. The van der Waals surface area contributed by atoms with Crippen LogP contribution in [0, 0.1) is 12.8 Å². The maximum atomic E-state index is 12.9. The van der Waals surface area contributed by atoms with Gasteiger partial charge in [-0.3, -0.25) is 4.79 Å². The van der Waals surface area contributed by atoms with Crippen LogP contribution in [0.3, 0.4) is 0 Å². The second kappa shape index (κ2) is 6.88. The van der Waals surface area contributed by atoms with Gasteiger partial charge in [0.1, 0.15) is 17.0 Å². The summed E-state index contributed by atoms with van der Waals surface area (Å²) in [5.74, 6) is 2.33. The van der Waals surface area contributed by atoms with Gasteiger partial charge in [-0.25, -0.2) is 4.98 Å². The molecule has 1 saturated heterocycles. The number of rotatable bonds is 3. The summed E-state index contributed by atoms with van der Waals surface area (Å²) in [5, 5.41) is 4.49. The van der Waals surface area contributed by atoms with E-state index in [4.69, 9.17) is 14.5 Å². The molecule has 1 N–H and O–H groups in total. The largest absolute Gasteiger partial charge is 0.497 e. The Morgan fingerprint density at radius 2 is 1.97 bits per heavy atom. The molecule has 2 aliphatic heterocycles. The van der Waals surface area contributed by atoms with Crippen molar-refractivity contribution in [2.24, 2.45) is 5.92 Å². The van der Waals surface area contributed by atoms with E-state index in [0.717, 1.165) is 65.2 Å². The zero-order valence-electron chi connectivity index (χ0n) is 17.0. The molecule has 0 saturated carbocycles. The Kier molecular flexibility index (Phi) is 4.32. The van der Waals surface area contributed by atoms with Crippen LogP contribution in [0.25, 0.3) is 22.2 Å². The number of nitrogens with zero attached hydrogens (tertiary/aromatic N) is 2. The molecule has 3 aromatic rings. The number of hydrogen-bond donors (Lipinski definition) is 1. The van der Waals surface area contributed by atoms with Crippen molar-refractivity contribution in [1.82, 2.24) is 14.9 Å². The summed E-state index contributed by atoms with van der Waals surface area (Å²) in [7, 11) is 3.28. The van der Waals surface area contributed by atoms with Crippen molar-refractivity contribution in [3.8, 4) is 22.8 Å². The average Bonchev–Trinajstić information content (AvgIpc) is 2.74. The number of benzene rings is 1. The van der Waals surface area contributed by atoms with Gasteiger partial charge in [-0.15, -0.1) is 0 Å². The molecule has 2 bridgehead atoms. The van der Waals surface area contributed by atoms with Crippen molar-refractivity contribution in [3.63, 3.8) is 0 Å². The molecule has 6 heteroatoms. The average molecular weight is 391 g/mol. The Bertz CT molecular complexity index is 1170. The first-order valence-corrected chi connectivity index (χ1v) is 10.1. The third-order valence-corrected chi connectivity index (χ3v) is 6.27. The number of pyridine rings is 2. The Morgan fingerprint density at radius 3 is 2.76 bits per heavy atom. The van der Waals surface area contributed by atoms with Gasteiger partial charge >= 0.3 is 0 Å². The van der Waals surface area contributed by atoms with E-state index in [0.29, 0.717) is 17.6 Å². The Morgan fingerprint density at radius 1 is 1.10 bits per heavy atom. The monoisotopic (exact) mass is 391 g/mol. The maximum absolute atomic E-state index is 12.9. The quantitative estimate of drug-likeness (QED) is 0.743. The number of ether oxygens (including phenoxy) is 2. The van der Waals surface area contributed by atoms with Crippen molar-refractivity contribution in [1.29, 1.82) is 0 Å². The first-order chi connectivity index (χ1) is 14.1. The van der Waals surface area contributed by atoms with Gasteiger partial charge in [0.15, 0.2) is 0 Å². The fourth-order valence-corrected chi connectivity index (χ4v) is 4.81. The summed E-state index contributed by atoms with van der Waals surface area (Å²) in [6, 6.07) is 9.73. The zero-order valence-corrected chi connectivity index (χ0v) is 17.0. The molecule has 2 aromatic heterocycles. The van der Waals surface area contributed by atoms with E-state index in [2.05, 4.69) is 11.4 Å². The van der Waals surface area contributed by atoms with E-state index < -0.39 is 0 Å². The number of nitrogens with one attached hydrogen (secondary N) is 1. The van der Waals surface area contributed by atoms with Crippen LogP contribution in [-0.4, -0.2) is 36.9 Å². The fraction of sp³-hybridized carbons (Fsp3) is 0.391. The number of piperidine rings is 1. The summed E-state index contributed by atoms with van der Waals surface area (Å²) < 4.78 is 12.9. The third-order valence-electron chi connectivity index (χ3n) is 6.27. The summed E-state index contributed by atoms with van der Waals surface area (Å²) in [6.07, 6.45) is 1.15. The van der Waals surface area contributed by atoms with Gasteiger partial charge in [-0.05, 0) is 49.6 Å². The van der Waals surface area contributed by atoms with Gasteiger partial charge in [-0.2, -0.15) is 0 Å². The standard InChI is InChI=1S/C23H25N3O3/c1-13-4-19(25-23-18(13)8-17(28-2)9-21(23)29-3)15-6-20-16-5-14(10-24-11-16)12-26(20)22(27)7-15/h4,6-9,14,16,24H,5,10-12H2,1-3H3/t14-,16+/m0/s1. The zero-order chi connectivity index (χ0) is 20.1. The van der Waals surface area contributed by atoms with E-state index in [9.17, 15) is 4.79 Å². The highest BCUT2D eigenvalue weighted by atomic mass is 16.5. The highest BCUT2D eigenvalue weighted by Gasteiger charge is 2.31. The van der Waals surface area contributed by atoms with Gasteiger partial charge in [-0.1, -0.05) is 0 Å². The lowest BCUT2D eigenvalue weighted by Gasteiger charge is -2.37. The lowest BCUT2D eigenvalue weighted by molar-refractivity contribution is 0.257. The van der Waals surface area contributed by atoms with Crippen LogP contribution in [0.5, 0.6) is 11.5 Å². The van der Waals surface area contributed by atoms with E-state index in [-0.39, 0.29) is 5.56 Å².